The maximum Gasteiger partial charge on any atom is 0.408 e. The van der Waals surface area contributed by atoms with Crippen LogP contribution in [0.25, 0.3) is 0 Å². The van der Waals surface area contributed by atoms with Gasteiger partial charge in [-0.25, -0.2) is 9.59 Å². The van der Waals surface area contributed by atoms with Gasteiger partial charge in [-0.05, 0) is 73.3 Å². The number of fused-ring (bicyclic) bond motifs is 2. The van der Waals surface area contributed by atoms with Crippen LogP contribution in [-0.2, 0) is 41.5 Å². The summed E-state index contributed by atoms with van der Waals surface area (Å²) in [6.07, 6.45) is 2.45. The summed E-state index contributed by atoms with van der Waals surface area (Å²) in [7, 11) is 1.14. The Morgan fingerprint density at radius 2 is 1.66 bits per heavy atom. The number of hydrogen-bond donors (Lipinski definition) is 2. The van der Waals surface area contributed by atoms with Crippen molar-refractivity contribution in [1.82, 2.24) is 15.5 Å². The highest BCUT2D eigenvalue weighted by Gasteiger charge is 2.70. The van der Waals surface area contributed by atoms with E-state index in [0.29, 0.717) is 25.8 Å². The summed E-state index contributed by atoms with van der Waals surface area (Å²) in [5, 5.41) is 5.65. The van der Waals surface area contributed by atoms with E-state index in [1.54, 1.807) is 18.7 Å². The van der Waals surface area contributed by atoms with Crippen LogP contribution in [0.5, 0.6) is 0 Å². The SMILES string of the molecule is COC(=O)C(=O)C(CC1CC1)NC(=O)[C@@H]1C2C(CN1C(=O)[C@@H](NC(=O)OC(C)C)C1Cc3ccccc3C1)C2(C)C. The third kappa shape index (κ3) is 5.83. The van der Waals surface area contributed by atoms with Crippen molar-refractivity contribution in [2.24, 2.45) is 29.1 Å². The van der Waals surface area contributed by atoms with Crippen molar-refractivity contribution in [3.63, 3.8) is 0 Å². The van der Waals surface area contributed by atoms with Gasteiger partial charge in [0.05, 0.1) is 19.3 Å². The number of carbonyl (C=O) groups is 5. The molecule has 222 valence electrons. The summed E-state index contributed by atoms with van der Waals surface area (Å²) in [6, 6.07) is 5.29. The fourth-order valence-corrected chi connectivity index (χ4v) is 7.00. The fourth-order valence-electron chi connectivity index (χ4n) is 7.00. The number of nitrogens with one attached hydrogen (secondary N) is 2. The molecule has 0 radical (unpaired) electrons. The third-order valence-corrected chi connectivity index (χ3v) is 9.48. The fraction of sp³-hybridized carbons (Fsp3) is 0.645. The number of alkyl carbamates (subject to hydrolysis) is 1. The number of carbonyl (C=O) groups excluding carboxylic acids is 5. The van der Waals surface area contributed by atoms with E-state index in [-0.39, 0.29) is 41.1 Å². The summed E-state index contributed by atoms with van der Waals surface area (Å²) in [4.78, 5) is 67.4. The maximum atomic E-state index is 14.3. The third-order valence-electron chi connectivity index (χ3n) is 9.48. The van der Waals surface area contributed by atoms with E-state index in [9.17, 15) is 24.0 Å². The van der Waals surface area contributed by atoms with E-state index in [1.807, 2.05) is 24.3 Å². The lowest BCUT2D eigenvalue weighted by molar-refractivity contribution is -0.153. The summed E-state index contributed by atoms with van der Waals surface area (Å²) >= 11 is 0. The molecule has 10 heteroatoms. The van der Waals surface area contributed by atoms with Crippen LogP contribution in [0.2, 0.25) is 0 Å². The molecular formula is C31H41N3O7. The number of rotatable bonds is 10. The van der Waals surface area contributed by atoms with Gasteiger partial charge in [0.2, 0.25) is 11.8 Å². The lowest BCUT2D eigenvalue weighted by Crippen LogP contribution is -2.59. The van der Waals surface area contributed by atoms with Gasteiger partial charge < -0.3 is 25.0 Å². The summed E-state index contributed by atoms with van der Waals surface area (Å²) in [6.45, 7) is 8.02. The molecule has 1 saturated heterocycles. The topological polar surface area (TPSA) is 131 Å². The second-order valence-corrected chi connectivity index (χ2v) is 13.0. The van der Waals surface area contributed by atoms with Gasteiger partial charge >= 0.3 is 12.1 Å². The zero-order valence-corrected chi connectivity index (χ0v) is 24.5. The number of esters is 1. The molecule has 3 aliphatic carbocycles. The molecular weight excluding hydrogens is 526 g/mol. The average Bonchev–Trinajstić information content (AvgIpc) is 3.67. The molecule has 0 bridgehead atoms. The van der Waals surface area contributed by atoms with Crippen LogP contribution in [0, 0.1) is 29.1 Å². The van der Waals surface area contributed by atoms with Crippen molar-refractivity contribution in [3.8, 4) is 0 Å². The molecule has 3 amide bonds. The predicted molar refractivity (Wildman–Crippen MR) is 148 cm³/mol. The number of Topliss-reactive ketones (excluding diaryl/α,β-unsaturated/α-hetero) is 1. The quantitative estimate of drug-likeness (QED) is 0.328. The van der Waals surface area contributed by atoms with Crippen molar-refractivity contribution >= 4 is 29.7 Å². The monoisotopic (exact) mass is 567 g/mol. The number of ether oxygens (including phenoxy) is 2. The first-order chi connectivity index (χ1) is 19.4. The van der Waals surface area contributed by atoms with Crippen molar-refractivity contribution in [2.45, 2.75) is 84.0 Å². The number of hydrogen-bond acceptors (Lipinski definition) is 7. The molecule has 41 heavy (non-hydrogen) atoms. The van der Waals surface area contributed by atoms with E-state index in [4.69, 9.17) is 4.74 Å². The Kier molecular flexibility index (Phi) is 7.87. The van der Waals surface area contributed by atoms with Gasteiger partial charge in [0.25, 0.3) is 5.78 Å². The van der Waals surface area contributed by atoms with Crippen LogP contribution < -0.4 is 10.6 Å². The molecule has 10 nitrogen and oxygen atoms in total. The smallest absolute Gasteiger partial charge is 0.408 e. The highest BCUT2D eigenvalue weighted by Crippen LogP contribution is 2.65. The number of methoxy groups -OCH3 is 1. The minimum atomic E-state index is -1.00. The number of ketones is 1. The Balaban J connectivity index is 1.39. The molecule has 2 saturated carbocycles. The Labute approximate surface area is 240 Å². The van der Waals surface area contributed by atoms with Gasteiger partial charge in [-0.1, -0.05) is 51.0 Å². The standard InChI is InChI=1S/C31H41N3O7/c1-16(2)41-30(39)33-24(20-13-18-8-6-7-9-19(18)14-20)28(37)34-15-21-23(31(21,3)4)25(34)27(36)32-22(12-17-10-11-17)26(35)29(38)40-5/h6-9,16-17,20-25H,10-15H2,1-5H3,(H,32,36)(H,33,39)/t21?,22?,23?,24-,25-/m0/s1. The zero-order valence-electron chi connectivity index (χ0n) is 24.5. The van der Waals surface area contributed by atoms with Gasteiger partial charge in [-0.2, -0.15) is 0 Å². The molecule has 5 atom stereocenters. The van der Waals surface area contributed by atoms with Crippen molar-refractivity contribution < 1.29 is 33.4 Å². The van der Waals surface area contributed by atoms with Crippen LogP contribution >= 0.6 is 0 Å². The molecule has 1 aliphatic heterocycles. The molecule has 3 unspecified atom stereocenters. The summed E-state index contributed by atoms with van der Waals surface area (Å²) in [5.41, 5.74) is 2.12. The molecule has 2 N–H and O–H groups in total. The second kappa shape index (κ2) is 11.1. The van der Waals surface area contributed by atoms with Crippen LogP contribution in [0.15, 0.2) is 24.3 Å². The molecule has 4 aliphatic rings. The molecule has 1 aromatic rings. The van der Waals surface area contributed by atoms with Crippen molar-refractivity contribution in [3.05, 3.63) is 35.4 Å². The van der Waals surface area contributed by atoms with Gasteiger partial charge in [0.15, 0.2) is 0 Å². The van der Waals surface area contributed by atoms with Crippen LogP contribution in [0.1, 0.15) is 58.1 Å². The average molecular weight is 568 g/mol. The van der Waals surface area contributed by atoms with E-state index < -0.39 is 41.9 Å². The molecule has 1 aromatic carbocycles. The number of amides is 3. The van der Waals surface area contributed by atoms with Crippen LogP contribution in [0.4, 0.5) is 4.79 Å². The van der Waals surface area contributed by atoms with Gasteiger partial charge in [-0.3, -0.25) is 14.4 Å². The largest absolute Gasteiger partial charge is 0.463 e. The highest BCUT2D eigenvalue weighted by molar-refractivity contribution is 6.36. The Morgan fingerprint density at radius 3 is 2.22 bits per heavy atom. The Bertz CT molecular complexity index is 1210. The number of likely N-dealkylation sites (tertiary alicyclic amines) is 1. The van der Waals surface area contributed by atoms with Gasteiger partial charge in [0, 0.05) is 6.54 Å². The minimum absolute atomic E-state index is 0.0923. The van der Waals surface area contributed by atoms with Crippen LogP contribution in [-0.4, -0.2) is 72.4 Å². The van der Waals surface area contributed by atoms with Gasteiger partial charge in [-0.15, -0.1) is 0 Å². The number of nitrogens with zero attached hydrogens (tertiary/aromatic N) is 1. The predicted octanol–water partition coefficient (Wildman–Crippen LogP) is 2.41. The van der Waals surface area contributed by atoms with E-state index in [2.05, 4.69) is 29.2 Å². The van der Waals surface area contributed by atoms with Crippen molar-refractivity contribution in [1.29, 1.82) is 0 Å². The van der Waals surface area contributed by atoms with E-state index in [1.165, 1.54) is 0 Å². The molecule has 1 heterocycles. The molecule has 0 spiro atoms. The summed E-state index contributed by atoms with van der Waals surface area (Å²) < 4.78 is 9.99. The minimum Gasteiger partial charge on any atom is -0.463 e. The lowest BCUT2D eigenvalue weighted by atomic mass is 9.93. The van der Waals surface area contributed by atoms with Crippen molar-refractivity contribution in [2.75, 3.05) is 13.7 Å². The number of benzene rings is 1. The molecule has 5 rings (SSSR count). The first-order valence-corrected chi connectivity index (χ1v) is 14.7. The Morgan fingerprint density at radius 1 is 1.02 bits per heavy atom. The second-order valence-electron chi connectivity index (χ2n) is 13.0. The van der Waals surface area contributed by atoms with E-state index >= 15 is 0 Å². The maximum absolute atomic E-state index is 14.3. The van der Waals surface area contributed by atoms with Gasteiger partial charge in [0.1, 0.15) is 12.1 Å². The Hall–Kier alpha value is -3.43. The van der Waals surface area contributed by atoms with Crippen LogP contribution in [0.3, 0.4) is 0 Å². The molecule has 3 fully saturated rings. The molecule has 0 aromatic heterocycles. The first kappa shape index (κ1) is 29.1. The summed E-state index contributed by atoms with van der Waals surface area (Å²) in [5.74, 6) is -2.46. The number of piperidine rings is 1. The van der Waals surface area contributed by atoms with E-state index in [0.717, 1.165) is 31.1 Å². The zero-order chi connectivity index (χ0) is 29.6. The first-order valence-electron chi connectivity index (χ1n) is 14.7. The normalized spacial score (nSPS) is 25.5. The highest BCUT2D eigenvalue weighted by atomic mass is 16.6. The lowest BCUT2D eigenvalue weighted by Gasteiger charge is -2.35.